The Morgan fingerprint density at radius 3 is 2.62 bits per heavy atom. The molecule has 0 spiro atoms. The molecule has 0 atom stereocenters. The lowest BCUT2D eigenvalue weighted by Crippen LogP contribution is -2.12. The highest BCUT2D eigenvalue weighted by atomic mass is 35.5. The van der Waals surface area contributed by atoms with Gasteiger partial charge >= 0.3 is 0 Å². The van der Waals surface area contributed by atoms with Crippen LogP contribution in [0.1, 0.15) is 11.5 Å². The fourth-order valence-corrected chi connectivity index (χ4v) is 1.55. The molecule has 0 saturated carbocycles. The van der Waals surface area contributed by atoms with Crippen molar-refractivity contribution in [2.45, 2.75) is 13.1 Å². The van der Waals surface area contributed by atoms with Gasteiger partial charge in [-0.25, -0.2) is 0 Å². The minimum Gasteiger partial charge on any atom is -0.448 e. The van der Waals surface area contributed by atoms with E-state index >= 15 is 0 Å². The van der Waals surface area contributed by atoms with Gasteiger partial charge in [-0.05, 0) is 35.9 Å². The normalized spacial score (nSPS) is 10.6. The van der Waals surface area contributed by atoms with Crippen molar-refractivity contribution in [2.24, 2.45) is 0 Å². The first-order chi connectivity index (χ1) is 7.74. The highest BCUT2D eigenvalue weighted by Crippen LogP contribution is 2.12. The number of nitrogens with zero attached hydrogens (tertiary/aromatic N) is 1. The van der Waals surface area contributed by atoms with E-state index in [0.29, 0.717) is 23.3 Å². The van der Waals surface area contributed by atoms with Gasteiger partial charge in [0.05, 0.1) is 17.3 Å². The first-order valence-electron chi connectivity index (χ1n) is 4.79. The fourth-order valence-electron chi connectivity index (χ4n) is 1.27. The lowest BCUT2D eigenvalue weighted by Gasteiger charge is -2.02. The molecule has 5 heteroatoms. The third-order valence-electron chi connectivity index (χ3n) is 2.02. The van der Waals surface area contributed by atoms with E-state index in [1.165, 1.54) is 0 Å². The molecule has 3 nitrogen and oxygen atoms in total. The van der Waals surface area contributed by atoms with Gasteiger partial charge in [0.15, 0.2) is 5.22 Å². The van der Waals surface area contributed by atoms with Crippen LogP contribution in [0.2, 0.25) is 10.2 Å². The average molecular weight is 257 g/mol. The van der Waals surface area contributed by atoms with Crippen LogP contribution in [0.5, 0.6) is 0 Å². The number of hydrogen-bond acceptors (Lipinski definition) is 3. The third kappa shape index (κ3) is 3.23. The summed E-state index contributed by atoms with van der Waals surface area (Å²) >= 11 is 11.4. The van der Waals surface area contributed by atoms with Crippen LogP contribution < -0.4 is 5.32 Å². The molecule has 2 heterocycles. The fraction of sp³-hybridized carbons (Fsp3) is 0.182. The number of hydrogen-bond donors (Lipinski definition) is 1. The highest BCUT2D eigenvalue weighted by Gasteiger charge is 1.99. The lowest BCUT2D eigenvalue weighted by atomic mass is 10.3. The predicted molar refractivity (Wildman–Crippen MR) is 63.5 cm³/mol. The van der Waals surface area contributed by atoms with Crippen molar-refractivity contribution in [1.82, 2.24) is 10.3 Å². The van der Waals surface area contributed by atoms with Crippen molar-refractivity contribution in [3.63, 3.8) is 0 Å². The van der Waals surface area contributed by atoms with Gasteiger partial charge in [0.25, 0.3) is 0 Å². The second kappa shape index (κ2) is 5.34. The average Bonchev–Trinajstić information content (AvgIpc) is 2.67. The van der Waals surface area contributed by atoms with Crippen molar-refractivity contribution in [1.29, 1.82) is 0 Å². The largest absolute Gasteiger partial charge is 0.448 e. The van der Waals surface area contributed by atoms with Gasteiger partial charge in [0, 0.05) is 12.7 Å². The maximum Gasteiger partial charge on any atom is 0.193 e. The molecule has 2 aromatic rings. The summed E-state index contributed by atoms with van der Waals surface area (Å²) in [6.45, 7) is 1.28. The highest BCUT2D eigenvalue weighted by molar-refractivity contribution is 6.30. The molecule has 0 aliphatic heterocycles. The van der Waals surface area contributed by atoms with Crippen LogP contribution in [-0.4, -0.2) is 4.98 Å². The van der Waals surface area contributed by atoms with E-state index in [-0.39, 0.29) is 0 Å². The summed E-state index contributed by atoms with van der Waals surface area (Å²) in [5.41, 5.74) is 0.932. The van der Waals surface area contributed by atoms with Gasteiger partial charge in [-0.1, -0.05) is 11.6 Å². The van der Waals surface area contributed by atoms with Gasteiger partial charge in [0.2, 0.25) is 0 Å². The molecule has 16 heavy (non-hydrogen) atoms. The van der Waals surface area contributed by atoms with Crippen molar-refractivity contribution >= 4 is 23.2 Å². The van der Waals surface area contributed by atoms with Crippen molar-refractivity contribution < 1.29 is 4.42 Å². The summed E-state index contributed by atoms with van der Waals surface area (Å²) in [6, 6.07) is 7.25. The molecule has 2 aromatic heterocycles. The smallest absolute Gasteiger partial charge is 0.193 e. The van der Waals surface area contributed by atoms with Gasteiger partial charge < -0.3 is 9.73 Å². The lowest BCUT2D eigenvalue weighted by molar-refractivity contribution is 0.483. The summed E-state index contributed by atoms with van der Waals surface area (Å²) < 4.78 is 5.20. The Bertz CT molecular complexity index is 453. The Balaban J connectivity index is 1.82. The molecule has 0 unspecified atom stereocenters. The molecule has 0 radical (unpaired) electrons. The minimum atomic E-state index is 0.404. The molecule has 0 aliphatic rings. The molecule has 0 fully saturated rings. The Kier molecular flexibility index (Phi) is 3.83. The van der Waals surface area contributed by atoms with E-state index in [1.54, 1.807) is 12.3 Å². The summed E-state index contributed by atoms with van der Waals surface area (Å²) in [5.74, 6) is 0.805. The van der Waals surface area contributed by atoms with Crippen LogP contribution >= 0.6 is 23.2 Å². The molecule has 0 aliphatic carbocycles. The van der Waals surface area contributed by atoms with Gasteiger partial charge in [-0.2, -0.15) is 0 Å². The molecular weight excluding hydrogens is 247 g/mol. The summed E-state index contributed by atoms with van der Waals surface area (Å²) in [7, 11) is 0. The number of aromatic nitrogens is 1. The Labute approximate surface area is 103 Å². The van der Waals surface area contributed by atoms with Crippen molar-refractivity contribution in [2.75, 3.05) is 0 Å². The monoisotopic (exact) mass is 256 g/mol. The Morgan fingerprint density at radius 2 is 2.00 bits per heavy atom. The SMILES string of the molecule is Clc1ccc(CNCc2ccc(Cl)o2)nc1. The van der Waals surface area contributed by atoms with E-state index in [0.717, 1.165) is 11.5 Å². The van der Waals surface area contributed by atoms with E-state index in [2.05, 4.69) is 10.3 Å². The predicted octanol–water partition coefficient (Wildman–Crippen LogP) is 3.27. The first-order valence-corrected chi connectivity index (χ1v) is 5.55. The zero-order valence-electron chi connectivity index (χ0n) is 8.41. The van der Waals surface area contributed by atoms with Crippen LogP contribution in [0.4, 0.5) is 0 Å². The molecule has 1 N–H and O–H groups in total. The third-order valence-corrected chi connectivity index (χ3v) is 2.45. The Hall–Kier alpha value is -1.03. The van der Waals surface area contributed by atoms with Crippen molar-refractivity contribution in [3.8, 4) is 0 Å². The molecule has 0 saturated heterocycles. The van der Waals surface area contributed by atoms with Crippen LogP contribution in [0.25, 0.3) is 0 Å². The van der Waals surface area contributed by atoms with Crippen LogP contribution in [0, 0.1) is 0 Å². The molecule has 2 rings (SSSR count). The van der Waals surface area contributed by atoms with Gasteiger partial charge in [0.1, 0.15) is 5.76 Å². The Morgan fingerprint density at radius 1 is 1.12 bits per heavy atom. The minimum absolute atomic E-state index is 0.404. The van der Waals surface area contributed by atoms with Crippen LogP contribution in [0.3, 0.4) is 0 Å². The summed E-state index contributed by atoms with van der Waals surface area (Å²) in [4.78, 5) is 4.16. The topological polar surface area (TPSA) is 38.1 Å². The molecule has 0 aromatic carbocycles. The van der Waals surface area contributed by atoms with Crippen molar-refractivity contribution in [3.05, 3.63) is 52.2 Å². The quantitative estimate of drug-likeness (QED) is 0.913. The second-order valence-electron chi connectivity index (χ2n) is 3.28. The molecule has 0 amide bonds. The van der Waals surface area contributed by atoms with Crippen LogP contribution in [0.15, 0.2) is 34.9 Å². The standard InChI is InChI=1S/C11H10Cl2N2O/c12-8-1-2-9(15-5-8)6-14-7-10-3-4-11(13)16-10/h1-5,14H,6-7H2. The van der Waals surface area contributed by atoms with E-state index < -0.39 is 0 Å². The van der Waals surface area contributed by atoms with Crippen LogP contribution in [-0.2, 0) is 13.1 Å². The summed E-state index contributed by atoms with van der Waals surface area (Å²) in [6.07, 6.45) is 1.63. The number of halogens is 2. The zero-order valence-corrected chi connectivity index (χ0v) is 9.92. The van der Waals surface area contributed by atoms with E-state index in [9.17, 15) is 0 Å². The number of nitrogens with one attached hydrogen (secondary N) is 1. The number of rotatable bonds is 4. The van der Waals surface area contributed by atoms with E-state index in [4.69, 9.17) is 27.6 Å². The maximum atomic E-state index is 5.73. The maximum absolute atomic E-state index is 5.73. The molecule has 0 bridgehead atoms. The number of pyridine rings is 1. The zero-order chi connectivity index (χ0) is 11.4. The van der Waals surface area contributed by atoms with E-state index in [1.807, 2.05) is 18.2 Å². The summed E-state index contributed by atoms with van der Waals surface area (Å²) in [5, 5.41) is 4.24. The molecular formula is C11H10Cl2N2O. The molecule has 84 valence electrons. The number of furan rings is 1. The second-order valence-corrected chi connectivity index (χ2v) is 4.09. The van der Waals surface area contributed by atoms with Gasteiger partial charge in [-0.15, -0.1) is 0 Å². The van der Waals surface area contributed by atoms with Gasteiger partial charge in [-0.3, -0.25) is 4.98 Å². The first kappa shape index (κ1) is 11.5.